The Kier molecular flexibility index (Phi) is 10.3. The lowest BCUT2D eigenvalue weighted by Crippen LogP contribution is -2.39. The molecule has 1 atom stereocenters. The number of aliphatic hydroxyl groups excluding tert-OH is 1. The van der Waals surface area contributed by atoms with Crippen molar-refractivity contribution in [1.82, 2.24) is 39.8 Å². The van der Waals surface area contributed by atoms with E-state index in [2.05, 4.69) is 32.5 Å². The second kappa shape index (κ2) is 14.5. The van der Waals surface area contributed by atoms with Gasteiger partial charge in [-0.1, -0.05) is 86.1 Å². The minimum atomic E-state index is -4.18. The molecule has 0 saturated carbocycles. The van der Waals surface area contributed by atoms with E-state index in [0.29, 0.717) is 28.4 Å². The van der Waals surface area contributed by atoms with Gasteiger partial charge in [0.25, 0.3) is 10.0 Å². The molecule has 5 rings (SSSR count). The van der Waals surface area contributed by atoms with Crippen LogP contribution in [0, 0.1) is 0 Å². The number of carbonyl (C=O) groups excluding carboxylic acids is 1. The summed E-state index contributed by atoms with van der Waals surface area (Å²) < 4.78 is 32.0. The van der Waals surface area contributed by atoms with Crippen LogP contribution < -0.4 is 10.0 Å². The Balaban J connectivity index is 1.38. The van der Waals surface area contributed by atoms with Gasteiger partial charge in [-0.2, -0.15) is 4.68 Å². The standard InChI is InChI=1S/C31H34N8O4S2/c1-3-4-14-27-34-29(44-2)28(30(40)39-21-33-36-37-39)38(27)20-23-15-17-24(18-16-23)25-12-8-9-13-26(25)45(42,43)35-31(41)32-19-22-10-6-5-7-11-22/h5-13,15-18,21,30,40H,3-4,14,19-20H2,1-2H3,(H2,32,35,41). The number of thioether (sulfide) groups is 1. The molecule has 2 amide bonds. The first-order valence-electron chi connectivity index (χ1n) is 14.4. The number of aromatic nitrogens is 6. The summed E-state index contributed by atoms with van der Waals surface area (Å²) in [5.74, 6) is 0.848. The van der Waals surface area contributed by atoms with E-state index < -0.39 is 22.3 Å². The number of sulfonamides is 1. The number of aliphatic hydroxyl groups is 1. The third-order valence-corrected chi connectivity index (χ3v) is 9.24. The molecule has 0 radical (unpaired) electrons. The van der Waals surface area contributed by atoms with Crippen LogP contribution in [0.25, 0.3) is 11.1 Å². The maximum absolute atomic E-state index is 13.3. The second-order valence-corrected chi connectivity index (χ2v) is 12.7. The maximum atomic E-state index is 13.3. The van der Waals surface area contributed by atoms with E-state index in [9.17, 15) is 18.3 Å². The van der Waals surface area contributed by atoms with Gasteiger partial charge >= 0.3 is 6.03 Å². The van der Waals surface area contributed by atoms with Crippen molar-refractivity contribution in [3.63, 3.8) is 0 Å². The van der Waals surface area contributed by atoms with Crippen molar-refractivity contribution in [1.29, 1.82) is 0 Å². The molecule has 1 unspecified atom stereocenters. The number of nitrogens with one attached hydrogen (secondary N) is 2. The molecule has 14 heteroatoms. The summed E-state index contributed by atoms with van der Waals surface area (Å²) in [4.78, 5) is 17.3. The molecule has 12 nitrogen and oxygen atoms in total. The van der Waals surface area contributed by atoms with E-state index in [1.807, 2.05) is 65.4 Å². The van der Waals surface area contributed by atoms with Crippen molar-refractivity contribution in [2.45, 2.75) is 55.4 Å². The Morgan fingerprint density at radius 1 is 1.00 bits per heavy atom. The third-order valence-electron chi connectivity index (χ3n) is 7.16. The van der Waals surface area contributed by atoms with Crippen molar-refractivity contribution in [3.05, 3.63) is 108 Å². The van der Waals surface area contributed by atoms with Crippen LogP contribution in [0.2, 0.25) is 0 Å². The molecule has 3 N–H and O–H groups in total. The number of hydrogen-bond donors (Lipinski definition) is 3. The van der Waals surface area contributed by atoms with Gasteiger partial charge in [0, 0.05) is 25.1 Å². The summed E-state index contributed by atoms with van der Waals surface area (Å²) in [6, 6.07) is 22.5. The normalized spacial score (nSPS) is 12.2. The molecule has 0 saturated heterocycles. The van der Waals surface area contributed by atoms with Gasteiger partial charge in [0.05, 0.1) is 4.90 Å². The lowest BCUT2D eigenvalue weighted by molar-refractivity contribution is 0.118. The van der Waals surface area contributed by atoms with Crippen LogP contribution in [0.3, 0.4) is 0 Å². The molecular formula is C31H34N8O4S2. The van der Waals surface area contributed by atoms with Gasteiger partial charge in [-0.15, -0.1) is 16.9 Å². The van der Waals surface area contributed by atoms with E-state index in [0.717, 1.165) is 36.2 Å². The molecule has 2 heterocycles. The van der Waals surface area contributed by atoms with Gasteiger partial charge in [-0.3, -0.25) is 0 Å². The summed E-state index contributed by atoms with van der Waals surface area (Å²) in [5, 5.41) is 25.7. The Labute approximate surface area is 266 Å². The number of urea groups is 1. The summed E-state index contributed by atoms with van der Waals surface area (Å²) >= 11 is 1.44. The summed E-state index contributed by atoms with van der Waals surface area (Å²) in [6.07, 6.45) is 4.81. The van der Waals surface area contributed by atoms with E-state index >= 15 is 0 Å². The average molecular weight is 647 g/mol. The molecule has 0 aliphatic heterocycles. The highest BCUT2D eigenvalue weighted by Gasteiger charge is 2.26. The molecule has 2 aromatic heterocycles. The Bertz CT molecular complexity index is 1830. The van der Waals surface area contributed by atoms with Gasteiger partial charge in [-0.05, 0) is 45.9 Å². The number of tetrazole rings is 1. The first kappa shape index (κ1) is 31.9. The predicted octanol–water partition coefficient (Wildman–Crippen LogP) is 4.38. The van der Waals surface area contributed by atoms with E-state index in [-0.39, 0.29) is 11.4 Å². The number of unbranched alkanes of at least 4 members (excludes halogenated alkanes) is 1. The van der Waals surface area contributed by atoms with Gasteiger partial charge in [0.2, 0.25) is 0 Å². The van der Waals surface area contributed by atoms with Crippen molar-refractivity contribution >= 4 is 27.8 Å². The summed E-state index contributed by atoms with van der Waals surface area (Å²) in [5.41, 5.74) is 3.49. The largest absolute Gasteiger partial charge is 0.366 e. The highest BCUT2D eigenvalue weighted by molar-refractivity contribution is 7.98. The quantitative estimate of drug-likeness (QED) is 0.158. The van der Waals surface area contributed by atoms with Crippen LogP contribution in [-0.4, -0.2) is 55.6 Å². The summed E-state index contributed by atoms with van der Waals surface area (Å²) in [7, 11) is -4.18. The lowest BCUT2D eigenvalue weighted by atomic mass is 10.0. The molecule has 0 aliphatic rings. The molecule has 0 aliphatic carbocycles. The van der Waals surface area contributed by atoms with Crippen LogP contribution >= 0.6 is 11.8 Å². The Hall–Kier alpha value is -4.53. The van der Waals surface area contributed by atoms with Crippen LogP contribution in [0.5, 0.6) is 0 Å². The maximum Gasteiger partial charge on any atom is 0.328 e. The molecule has 45 heavy (non-hydrogen) atoms. The number of imidazole rings is 1. The highest BCUT2D eigenvalue weighted by Crippen LogP contribution is 2.31. The molecular weight excluding hydrogens is 613 g/mol. The van der Waals surface area contributed by atoms with Crippen molar-refractivity contribution in [2.24, 2.45) is 0 Å². The van der Waals surface area contributed by atoms with E-state index in [1.165, 1.54) is 28.8 Å². The zero-order chi connectivity index (χ0) is 31.8. The monoisotopic (exact) mass is 646 g/mol. The molecule has 0 bridgehead atoms. The SMILES string of the molecule is CCCCc1nc(SC)c(C(O)n2cnnn2)n1Cc1ccc(-c2ccccc2S(=O)(=O)NC(=O)NCc2ccccc2)cc1. The van der Waals surface area contributed by atoms with Crippen molar-refractivity contribution < 1.29 is 18.3 Å². The zero-order valence-corrected chi connectivity index (χ0v) is 26.5. The number of benzene rings is 3. The molecule has 5 aromatic rings. The van der Waals surface area contributed by atoms with Gasteiger partial charge < -0.3 is 15.0 Å². The predicted molar refractivity (Wildman–Crippen MR) is 171 cm³/mol. The van der Waals surface area contributed by atoms with Crippen LogP contribution in [-0.2, 0) is 29.5 Å². The van der Waals surface area contributed by atoms with E-state index in [1.54, 1.807) is 18.2 Å². The fourth-order valence-corrected chi connectivity index (χ4v) is 6.68. The first-order valence-corrected chi connectivity index (χ1v) is 17.1. The topological polar surface area (TPSA) is 157 Å². The first-order chi connectivity index (χ1) is 21.8. The Morgan fingerprint density at radius 3 is 2.42 bits per heavy atom. The fourth-order valence-electron chi connectivity index (χ4n) is 4.90. The Morgan fingerprint density at radius 2 is 1.73 bits per heavy atom. The van der Waals surface area contributed by atoms with Gasteiger partial charge in [-0.25, -0.2) is 22.9 Å². The third kappa shape index (κ3) is 7.59. The number of carbonyl (C=O) groups is 1. The number of amides is 2. The van der Waals surface area contributed by atoms with Crippen LogP contribution in [0.1, 0.15) is 48.6 Å². The minimum absolute atomic E-state index is 0.0134. The summed E-state index contributed by atoms with van der Waals surface area (Å²) in [6.45, 7) is 2.73. The zero-order valence-electron chi connectivity index (χ0n) is 24.9. The van der Waals surface area contributed by atoms with Gasteiger partial charge in [0.1, 0.15) is 22.9 Å². The molecule has 3 aromatic carbocycles. The molecule has 0 fully saturated rings. The lowest BCUT2D eigenvalue weighted by Gasteiger charge is -2.17. The molecule has 0 spiro atoms. The van der Waals surface area contributed by atoms with Crippen molar-refractivity contribution in [3.8, 4) is 11.1 Å². The highest BCUT2D eigenvalue weighted by atomic mass is 32.2. The number of aryl methyl sites for hydroxylation is 1. The fraction of sp³-hybridized carbons (Fsp3) is 0.258. The molecule has 234 valence electrons. The number of rotatable bonds is 13. The van der Waals surface area contributed by atoms with Crippen molar-refractivity contribution in [2.75, 3.05) is 6.26 Å². The van der Waals surface area contributed by atoms with Crippen LogP contribution in [0.15, 0.2) is 95.1 Å². The minimum Gasteiger partial charge on any atom is -0.366 e. The van der Waals surface area contributed by atoms with Crippen LogP contribution in [0.4, 0.5) is 4.79 Å². The number of nitrogens with zero attached hydrogens (tertiary/aromatic N) is 6. The smallest absolute Gasteiger partial charge is 0.328 e. The second-order valence-electron chi connectivity index (χ2n) is 10.2. The number of hydrogen-bond acceptors (Lipinski definition) is 9. The van der Waals surface area contributed by atoms with Gasteiger partial charge in [0.15, 0.2) is 6.23 Å². The van der Waals surface area contributed by atoms with E-state index in [4.69, 9.17) is 4.98 Å². The average Bonchev–Trinajstić information content (AvgIpc) is 3.72.